The molecule has 19 heavy (non-hydrogen) atoms. The molecule has 0 amide bonds. The van der Waals surface area contributed by atoms with Crippen LogP contribution < -0.4 is 0 Å². The molecular formula is C14H21NO4. The summed E-state index contributed by atoms with van der Waals surface area (Å²) in [5.74, 6) is -0.843. The van der Waals surface area contributed by atoms with Gasteiger partial charge in [0.1, 0.15) is 5.70 Å². The lowest BCUT2D eigenvalue weighted by Crippen LogP contribution is -2.34. The second kappa shape index (κ2) is 6.41. The lowest BCUT2D eigenvalue weighted by molar-refractivity contribution is -0.141. The van der Waals surface area contributed by atoms with Crippen molar-refractivity contribution in [2.45, 2.75) is 20.8 Å². The molecule has 0 aromatic heterocycles. The Labute approximate surface area is 113 Å². The maximum absolute atomic E-state index is 12.0. The topological polar surface area (TPSA) is 55.8 Å². The van der Waals surface area contributed by atoms with Crippen molar-refractivity contribution >= 4 is 11.9 Å². The highest BCUT2D eigenvalue weighted by Gasteiger charge is 2.32. The zero-order valence-electron chi connectivity index (χ0n) is 12.1. The molecule has 5 heteroatoms. The molecule has 0 saturated heterocycles. The summed E-state index contributed by atoms with van der Waals surface area (Å²) in [4.78, 5) is 25.6. The Hall–Kier alpha value is -1.78. The fourth-order valence-corrected chi connectivity index (χ4v) is 2.04. The van der Waals surface area contributed by atoms with Gasteiger partial charge >= 0.3 is 11.9 Å². The third-order valence-electron chi connectivity index (χ3n) is 2.90. The van der Waals surface area contributed by atoms with Gasteiger partial charge in [0.25, 0.3) is 0 Å². The van der Waals surface area contributed by atoms with Gasteiger partial charge in [-0.3, -0.25) is 0 Å². The Balaban J connectivity index is 3.27. The van der Waals surface area contributed by atoms with E-state index in [9.17, 15) is 9.59 Å². The highest BCUT2D eigenvalue weighted by molar-refractivity contribution is 6.01. The fraction of sp³-hybridized carbons (Fsp3) is 0.571. The molecule has 0 aromatic rings. The number of nitrogens with zero attached hydrogens (tertiary/aromatic N) is 1. The predicted octanol–water partition coefficient (Wildman–Crippen LogP) is 1.71. The van der Waals surface area contributed by atoms with Crippen LogP contribution in [0.2, 0.25) is 0 Å². The van der Waals surface area contributed by atoms with E-state index in [0.717, 1.165) is 0 Å². The van der Waals surface area contributed by atoms with Gasteiger partial charge in [0, 0.05) is 18.7 Å². The van der Waals surface area contributed by atoms with E-state index in [4.69, 9.17) is 9.47 Å². The molecule has 0 aromatic carbocycles. The van der Waals surface area contributed by atoms with Crippen LogP contribution in [0.1, 0.15) is 20.8 Å². The number of carbonyl (C=O) groups is 2. The van der Waals surface area contributed by atoms with Gasteiger partial charge in [0.2, 0.25) is 0 Å². The van der Waals surface area contributed by atoms with Gasteiger partial charge in [-0.25, -0.2) is 9.59 Å². The van der Waals surface area contributed by atoms with Crippen LogP contribution in [-0.4, -0.2) is 37.6 Å². The third-order valence-corrected chi connectivity index (χ3v) is 2.90. The number of hydrogen-bond donors (Lipinski definition) is 0. The fourth-order valence-electron chi connectivity index (χ4n) is 2.04. The number of rotatable bonds is 4. The lowest BCUT2D eigenvalue weighted by Gasteiger charge is -2.30. The summed E-state index contributed by atoms with van der Waals surface area (Å²) in [7, 11) is 2.61. The summed E-state index contributed by atoms with van der Waals surface area (Å²) in [6.07, 6.45) is 3.70. The van der Waals surface area contributed by atoms with E-state index in [1.165, 1.54) is 14.2 Å². The standard InChI is InChI=1S/C14H21NO4/c1-9(2)8-15-7-6-10(3)11(13(16)18-4)12(15)14(17)19-5/h6-7,9-10H,8H2,1-5H3. The number of hydrogen-bond acceptors (Lipinski definition) is 5. The van der Waals surface area contributed by atoms with E-state index >= 15 is 0 Å². The Morgan fingerprint density at radius 3 is 2.32 bits per heavy atom. The molecule has 1 aliphatic rings. The Kier molecular flexibility index (Phi) is 5.15. The van der Waals surface area contributed by atoms with Crippen molar-refractivity contribution < 1.29 is 19.1 Å². The number of esters is 2. The third kappa shape index (κ3) is 3.36. The van der Waals surface area contributed by atoms with Crippen molar-refractivity contribution in [1.82, 2.24) is 4.90 Å². The second-order valence-electron chi connectivity index (χ2n) is 4.92. The van der Waals surface area contributed by atoms with E-state index < -0.39 is 11.9 Å². The summed E-state index contributed by atoms with van der Waals surface area (Å²) in [6, 6.07) is 0. The molecule has 0 bridgehead atoms. The minimum absolute atomic E-state index is 0.176. The molecule has 0 radical (unpaired) electrons. The average Bonchev–Trinajstić information content (AvgIpc) is 2.38. The molecule has 5 nitrogen and oxygen atoms in total. The number of ether oxygens (including phenoxy) is 2. The van der Waals surface area contributed by atoms with Crippen molar-refractivity contribution in [2.24, 2.45) is 11.8 Å². The van der Waals surface area contributed by atoms with Gasteiger partial charge < -0.3 is 14.4 Å². The number of carbonyl (C=O) groups excluding carboxylic acids is 2. The van der Waals surface area contributed by atoms with Crippen LogP contribution in [0.3, 0.4) is 0 Å². The van der Waals surface area contributed by atoms with Crippen LogP contribution in [0.25, 0.3) is 0 Å². The van der Waals surface area contributed by atoms with Crippen molar-refractivity contribution in [3.63, 3.8) is 0 Å². The molecule has 0 fully saturated rings. The SMILES string of the molecule is COC(=O)C1=C(C(=O)OC)N(CC(C)C)C=CC1C. The van der Waals surface area contributed by atoms with Gasteiger partial charge in [-0.05, 0) is 5.92 Å². The lowest BCUT2D eigenvalue weighted by atomic mass is 9.95. The summed E-state index contributed by atoms with van der Waals surface area (Å²) >= 11 is 0. The number of allylic oxidation sites excluding steroid dienone is 1. The second-order valence-corrected chi connectivity index (χ2v) is 4.92. The van der Waals surface area contributed by atoms with Crippen LogP contribution in [0, 0.1) is 11.8 Å². The summed E-state index contributed by atoms with van der Waals surface area (Å²) < 4.78 is 9.57. The minimum Gasteiger partial charge on any atom is -0.466 e. The Bertz CT molecular complexity index is 423. The van der Waals surface area contributed by atoms with Crippen LogP contribution in [0.5, 0.6) is 0 Å². The highest BCUT2D eigenvalue weighted by Crippen LogP contribution is 2.27. The molecule has 0 spiro atoms. The van der Waals surface area contributed by atoms with Crippen LogP contribution in [-0.2, 0) is 19.1 Å². The van der Waals surface area contributed by atoms with Crippen molar-refractivity contribution in [2.75, 3.05) is 20.8 Å². The zero-order valence-corrected chi connectivity index (χ0v) is 12.1. The maximum Gasteiger partial charge on any atom is 0.355 e. The first-order chi connectivity index (χ1) is 8.92. The van der Waals surface area contributed by atoms with Crippen molar-refractivity contribution in [3.8, 4) is 0 Å². The monoisotopic (exact) mass is 267 g/mol. The highest BCUT2D eigenvalue weighted by atomic mass is 16.5. The summed E-state index contributed by atoms with van der Waals surface area (Å²) in [6.45, 7) is 6.56. The molecule has 1 unspecified atom stereocenters. The molecule has 0 N–H and O–H groups in total. The molecule has 0 aliphatic carbocycles. The quantitative estimate of drug-likeness (QED) is 0.726. The first-order valence-corrected chi connectivity index (χ1v) is 6.28. The van der Waals surface area contributed by atoms with Gasteiger partial charge in [-0.15, -0.1) is 0 Å². The van der Waals surface area contributed by atoms with E-state index in [0.29, 0.717) is 18.0 Å². The van der Waals surface area contributed by atoms with Gasteiger partial charge in [-0.1, -0.05) is 26.8 Å². The Morgan fingerprint density at radius 1 is 1.26 bits per heavy atom. The normalized spacial score (nSPS) is 18.8. The molecule has 1 atom stereocenters. The Morgan fingerprint density at radius 2 is 1.84 bits per heavy atom. The molecule has 1 heterocycles. The van der Waals surface area contributed by atoms with E-state index in [-0.39, 0.29) is 11.6 Å². The molecule has 1 aliphatic heterocycles. The van der Waals surface area contributed by atoms with Gasteiger partial charge in [0.05, 0.1) is 19.8 Å². The largest absolute Gasteiger partial charge is 0.466 e. The smallest absolute Gasteiger partial charge is 0.355 e. The van der Waals surface area contributed by atoms with Crippen molar-refractivity contribution in [1.29, 1.82) is 0 Å². The minimum atomic E-state index is -0.516. The van der Waals surface area contributed by atoms with E-state index in [1.54, 1.807) is 4.90 Å². The number of methoxy groups -OCH3 is 2. The van der Waals surface area contributed by atoms with Crippen LogP contribution >= 0.6 is 0 Å². The predicted molar refractivity (Wildman–Crippen MR) is 70.9 cm³/mol. The first-order valence-electron chi connectivity index (χ1n) is 6.28. The summed E-state index contributed by atoms with van der Waals surface area (Å²) in [5, 5.41) is 0. The van der Waals surface area contributed by atoms with E-state index in [1.807, 2.05) is 33.0 Å². The van der Waals surface area contributed by atoms with E-state index in [2.05, 4.69) is 0 Å². The molecule has 1 rings (SSSR count). The van der Waals surface area contributed by atoms with Gasteiger partial charge in [-0.2, -0.15) is 0 Å². The maximum atomic E-state index is 12.0. The zero-order chi connectivity index (χ0) is 14.6. The van der Waals surface area contributed by atoms with Crippen LogP contribution in [0.4, 0.5) is 0 Å². The molecular weight excluding hydrogens is 246 g/mol. The molecule has 0 saturated carbocycles. The molecule has 106 valence electrons. The van der Waals surface area contributed by atoms with Gasteiger partial charge in [0.15, 0.2) is 0 Å². The first kappa shape index (κ1) is 15.3. The van der Waals surface area contributed by atoms with Crippen molar-refractivity contribution in [3.05, 3.63) is 23.5 Å². The average molecular weight is 267 g/mol. The van der Waals surface area contributed by atoms with Crippen LogP contribution in [0.15, 0.2) is 23.5 Å². The summed E-state index contributed by atoms with van der Waals surface area (Å²) in [5.41, 5.74) is 0.621.